The fraction of sp³-hybridized carbons (Fsp3) is 0.263. The molecular formula is C19H20N4OS. The molecule has 5 nitrogen and oxygen atoms in total. The van der Waals surface area contributed by atoms with Crippen molar-refractivity contribution in [3.05, 3.63) is 64.2 Å². The van der Waals surface area contributed by atoms with Gasteiger partial charge in [-0.15, -0.1) is 5.10 Å². The third-order valence-electron chi connectivity index (χ3n) is 4.27. The molecule has 0 spiro atoms. The second-order valence-corrected chi connectivity index (χ2v) is 6.99. The summed E-state index contributed by atoms with van der Waals surface area (Å²) in [5.41, 5.74) is 6.19. The lowest BCUT2D eigenvalue weighted by atomic mass is 9.92. The molecule has 1 aromatic heterocycles. The van der Waals surface area contributed by atoms with Crippen LogP contribution in [0.3, 0.4) is 0 Å². The number of thioether (sulfide) groups is 1. The molecule has 0 aliphatic carbocycles. The fourth-order valence-corrected chi connectivity index (χ4v) is 4.20. The molecule has 0 saturated heterocycles. The molecule has 0 radical (unpaired) electrons. The normalized spacial score (nSPS) is 10.9. The zero-order valence-electron chi connectivity index (χ0n) is 14.8. The standard InChI is InChI=1S/C19H20N4OS/c1-12-10-13(2)18(15(4)24)14(3)17(12)11-25-19-20-21-22-23(19)16-8-6-5-7-9-16/h5-10H,11H2,1-4H3. The van der Waals surface area contributed by atoms with Crippen LogP contribution in [0.1, 0.15) is 39.5 Å². The highest BCUT2D eigenvalue weighted by molar-refractivity contribution is 7.98. The van der Waals surface area contributed by atoms with Crippen molar-refractivity contribution in [1.82, 2.24) is 20.2 Å². The van der Waals surface area contributed by atoms with Crippen molar-refractivity contribution in [2.75, 3.05) is 0 Å². The van der Waals surface area contributed by atoms with Crippen molar-refractivity contribution in [1.29, 1.82) is 0 Å². The average Bonchev–Trinajstić information content (AvgIpc) is 3.03. The topological polar surface area (TPSA) is 60.7 Å². The van der Waals surface area contributed by atoms with Gasteiger partial charge in [0.2, 0.25) is 5.16 Å². The highest BCUT2D eigenvalue weighted by atomic mass is 32.2. The molecule has 0 amide bonds. The van der Waals surface area contributed by atoms with Crippen LogP contribution >= 0.6 is 11.8 Å². The second-order valence-electron chi connectivity index (χ2n) is 6.04. The molecule has 0 N–H and O–H groups in total. The van der Waals surface area contributed by atoms with E-state index in [1.165, 1.54) is 11.1 Å². The molecule has 3 rings (SSSR count). The number of ketones is 1. The summed E-state index contributed by atoms with van der Waals surface area (Å²) in [6, 6.07) is 11.9. The van der Waals surface area contributed by atoms with Gasteiger partial charge in [-0.25, -0.2) is 0 Å². The summed E-state index contributed by atoms with van der Waals surface area (Å²) in [7, 11) is 0. The maximum Gasteiger partial charge on any atom is 0.214 e. The van der Waals surface area contributed by atoms with E-state index in [4.69, 9.17) is 0 Å². The molecule has 0 aliphatic heterocycles. The Morgan fingerprint density at radius 2 is 1.84 bits per heavy atom. The Bertz CT molecular complexity index is 919. The first-order valence-corrected chi connectivity index (χ1v) is 9.04. The Balaban J connectivity index is 1.90. The molecule has 0 saturated carbocycles. The predicted molar refractivity (Wildman–Crippen MR) is 99.4 cm³/mol. The van der Waals surface area contributed by atoms with Crippen molar-refractivity contribution in [3.8, 4) is 5.69 Å². The fourth-order valence-electron chi connectivity index (χ4n) is 3.13. The van der Waals surface area contributed by atoms with Crippen LogP contribution in [-0.4, -0.2) is 26.0 Å². The predicted octanol–water partition coefficient (Wildman–Crippen LogP) is 4.08. The summed E-state index contributed by atoms with van der Waals surface area (Å²) < 4.78 is 1.73. The van der Waals surface area contributed by atoms with Crippen LogP contribution in [0.15, 0.2) is 41.6 Å². The number of aromatic nitrogens is 4. The van der Waals surface area contributed by atoms with Gasteiger partial charge in [-0.2, -0.15) is 4.68 Å². The minimum Gasteiger partial charge on any atom is -0.294 e. The van der Waals surface area contributed by atoms with Gasteiger partial charge in [-0.05, 0) is 72.5 Å². The number of hydrogen-bond acceptors (Lipinski definition) is 5. The zero-order chi connectivity index (χ0) is 18.0. The van der Waals surface area contributed by atoms with Crippen LogP contribution in [0.2, 0.25) is 0 Å². The molecule has 0 unspecified atom stereocenters. The SMILES string of the molecule is CC(=O)c1c(C)cc(C)c(CSc2nnnn2-c2ccccc2)c1C. The summed E-state index contributed by atoms with van der Waals surface area (Å²) >= 11 is 1.57. The van der Waals surface area contributed by atoms with E-state index in [0.717, 1.165) is 27.5 Å². The van der Waals surface area contributed by atoms with E-state index in [-0.39, 0.29) is 5.78 Å². The van der Waals surface area contributed by atoms with Crippen LogP contribution in [0.5, 0.6) is 0 Å². The lowest BCUT2D eigenvalue weighted by Crippen LogP contribution is -2.06. The van der Waals surface area contributed by atoms with Gasteiger partial charge >= 0.3 is 0 Å². The van der Waals surface area contributed by atoms with E-state index in [9.17, 15) is 4.79 Å². The Morgan fingerprint density at radius 3 is 2.52 bits per heavy atom. The van der Waals surface area contributed by atoms with E-state index in [1.54, 1.807) is 23.4 Å². The van der Waals surface area contributed by atoms with Gasteiger partial charge in [0.15, 0.2) is 5.78 Å². The Kier molecular flexibility index (Phi) is 4.99. The maximum absolute atomic E-state index is 12.0. The number of aryl methyl sites for hydroxylation is 2. The van der Waals surface area contributed by atoms with Crippen LogP contribution in [0.4, 0.5) is 0 Å². The van der Waals surface area contributed by atoms with Crippen molar-refractivity contribution < 1.29 is 4.79 Å². The third-order valence-corrected chi connectivity index (χ3v) is 5.22. The monoisotopic (exact) mass is 352 g/mol. The summed E-state index contributed by atoms with van der Waals surface area (Å²) in [5.74, 6) is 0.821. The van der Waals surface area contributed by atoms with Crippen LogP contribution in [0.25, 0.3) is 5.69 Å². The average molecular weight is 352 g/mol. The first kappa shape index (κ1) is 17.4. The summed E-state index contributed by atoms with van der Waals surface area (Å²) in [4.78, 5) is 12.0. The highest BCUT2D eigenvalue weighted by Crippen LogP contribution is 2.29. The minimum absolute atomic E-state index is 0.107. The molecule has 3 aromatic rings. The van der Waals surface area contributed by atoms with E-state index >= 15 is 0 Å². The summed E-state index contributed by atoms with van der Waals surface area (Å²) in [5, 5.41) is 12.8. The van der Waals surface area contributed by atoms with Crippen molar-refractivity contribution >= 4 is 17.5 Å². The van der Waals surface area contributed by atoms with Gasteiger partial charge < -0.3 is 0 Å². The molecule has 0 bridgehead atoms. The number of para-hydroxylation sites is 1. The quantitative estimate of drug-likeness (QED) is 0.511. The number of hydrogen-bond donors (Lipinski definition) is 0. The van der Waals surface area contributed by atoms with Gasteiger partial charge in [0.25, 0.3) is 0 Å². The van der Waals surface area contributed by atoms with Gasteiger partial charge in [-0.1, -0.05) is 36.0 Å². The number of tetrazole rings is 1. The zero-order valence-corrected chi connectivity index (χ0v) is 15.6. The molecule has 128 valence electrons. The van der Waals surface area contributed by atoms with Crippen molar-refractivity contribution in [2.45, 2.75) is 38.6 Å². The minimum atomic E-state index is 0.107. The number of nitrogens with zero attached hydrogens (tertiary/aromatic N) is 4. The molecule has 6 heteroatoms. The molecule has 0 fully saturated rings. The Hall–Kier alpha value is -2.47. The van der Waals surface area contributed by atoms with E-state index < -0.39 is 0 Å². The lowest BCUT2D eigenvalue weighted by Gasteiger charge is -2.15. The molecule has 25 heavy (non-hydrogen) atoms. The Morgan fingerprint density at radius 1 is 1.12 bits per heavy atom. The second kappa shape index (κ2) is 7.19. The third kappa shape index (κ3) is 3.49. The van der Waals surface area contributed by atoms with Gasteiger partial charge in [0.05, 0.1) is 5.69 Å². The van der Waals surface area contributed by atoms with Gasteiger partial charge in [0.1, 0.15) is 0 Å². The van der Waals surface area contributed by atoms with Crippen LogP contribution in [-0.2, 0) is 5.75 Å². The number of Topliss-reactive ketones (excluding diaryl/α,β-unsaturated/α-hetero) is 1. The lowest BCUT2D eigenvalue weighted by molar-refractivity contribution is 0.101. The Labute approximate surface area is 151 Å². The van der Waals surface area contributed by atoms with Gasteiger partial charge in [0, 0.05) is 11.3 Å². The van der Waals surface area contributed by atoms with E-state index in [0.29, 0.717) is 5.75 Å². The number of benzene rings is 2. The van der Waals surface area contributed by atoms with E-state index in [1.807, 2.05) is 44.2 Å². The first-order chi connectivity index (χ1) is 12.0. The van der Waals surface area contributed by atoms with E-state index in [2.05, 4.69) is 28.5 Å². The smallest absolute Gasteiger partial charge is 0.214 e. The first-order valence-electron chi connectivity index (χ1n) is 8.06. The molecule has 0 aliphatic rings. The number of carbonyl (C=O) groups excluding carboxylic acids is 1. The van der Waals surface area contributed by atoms with Crippen LogP contribution in [0, 0.1) is 20.8 Å². The number of rotatable bonds is 5. The number of carbonyl (C=O) groups is 1. The summed E-state index contributed by atoms with van der Waals surface area (Å²) in [6.45, 7) is 7.72. The van der Waals surface area contributed by atoms with Gasteiger partial charge in [-0.3, -0.25) is 4.79 Å². The molecular weight excluding hydrogens is 332 g/mol. The highest BCUT2D eigenvalue weighted by Gasteiger charge is 2.16. The molecule has 0 atom stereocenters. The molecule has 1 heterocycles. The molecule has 2 aromatic carbocycles. The summed E-state index contributed by atoms with van der Waals surface area (Å²) in [6.07, 6.45) is 0. The largest absolute Gasteiger partial charge is 0.294 e. The van der Waals surface area contributed by atoms with Crippen molar-refractivity contribution in [2.24, 2.45) is 0 Å². The van der Waals surface area contributed by atoms with Crippen LogP contribution < -0.4 is 0 Å². The van der Waals surface area contributed by atoms with Crippen molar-refractivity contribution in [3.63, 3.8) is 0 Å². The maximum atomic E-state index is 12.0.